The maximum atomic E-state index is 13.8. The van der Waals surface area contributed by atoms with Gasteiger partial charge in [-0.15, -0.1) is 0 Å². The molecule has 184 valence electrons. The lowest BCUT2D eigenvalue weighted by Gasteiger charge is -2.36. The molecule has 0 spiro atoms. The van der Waals surface area contributed by atoms with Gasteiger partial charge in [-0.1, -0.05) is 47.5 Å². The van der Waals surface area contributed by atoms with Crippen LogP contribution in [0.5, 0.6) is 5.75 Å². The molecule has 1 fully saturated rings. The predicted octanol–water partition coefficient (Wildman–Crippen LogP) is 6.73. The highest BCUT2D eigenvalue weighted by Gasteiger charge is 2.27. The lowest BCUT2D eigenvalue weighted by molar-refractivity contribution is 0.0746. The van der Waals surface area contributed by atoms with Crippen molar-refractivity contribution in [2.24, 2.45) is 0 Å². The van der Waals surface area contributed by atoms with Crippen LogP contribution in [0.4, 0.5) is 5.69 Å². The summed E-state index contributed by atoms with van der Waals surface area (Å²) in [5.74, 6) is 0.794. The van der Waals surface area contributed by atoms with Crippen LogP contribution < -0.4 is 9.64 Å². The number of benzene rings is 3. The van der Waals surface area contributed by atoms with Crippen molar-refractivity contribution in [2.45, 2.75) is 6.92 Å². The molecule has 5 rings (SSSR count). The molecule has 0 bridgehead atoms. The summed E-state index contributed by atoms with van der Waals surface area (Å²) in [5.41, 5.74) is 5.50. The second-order valence-electron chi connectivity index (χ2n) is 8.83. The van der Waals surface area contributed by atoms with E-state index in [0.29, 0.717) is 23.7 Å². The van der Waals surface area contributed by atoms with Crippen LogP contribution in [0.2, 0.25) is 10.0 Å². The third kappa shape index (κ3) is 4.81. The molecule has 1 aliphatic rings. The number of rotatable bonds is 5. The van der Waals surface area contributed by atoms with Crippen molar-refractivity contribution in [3.8, 4) is 22.7 Å². The second kappa shape index (κ2) is 10.3. The summed E-state index contributed by atoms with van der Waals surface area (Å²) >= 11 is 12.3. The lowest BCUT2D eigenvalue weighted by atomic mass is 10.1. The van der Waals surface area contributed by atoms with E-state index in [0.717, 1.165) is 52.2 Å². The third-order valence-electron chi connectivity index (χ3n) is 6.67. The minimum Gasteiger partial charge on any atom is -0.497 e. The monoisotopic (exact) mass is 519 g/mol. The molecule has 36 heavy (non-hydrogen) atoms. The van der Waals surface area contributed by atoms with E-state index in [1.807, 2.05) is 84.6 Å². The minimum absolute atomic E-state index is 0.0371. The Bertz CT molecular complexity index is 1390. The number of piperazine rings is 1. The molecule has 1 saturated heterocycles. The molecule has 0 aliphatic carbocycles. The topological polar surface area (TPSA) is 37.7 Å². The summed E-state index contributed by atoms with van der Waals surface area (Å²) in [7, 11) is 1.65. The molecule has 0 N–H and O–H groups in total. The van der Waals surface area contributed by atoms with Gasteiger partial charge in [-0.2, -0.15) is 0 Å². The van der Waals surface area contributed by atoms with Crippen LogP contribution in [-0.2, 0) is 0 Å². The molecule has 0 unspecified atom stereocenters. The highest BCUT2D eigenvalue weighted by atomic mass is 35.5. The molecule has 7 heteroatoms. The van der Waals surface area contributed by atoms with Gasteiger partial charge in [0.1, 0.15) is 5.75 Å². The summed E-state index contributed by atoms with van der Waals surface area (Å²) in [4.78, 5) is 18.0. The molecule has 0 radical (unpaired) electrons. The van der Waals surface area contributed by atoms with Crippen molar-refractivity contribution in [3.63, 3.8) is 0 Å². The molecule has 4 aromatic rings. The molecule has 3 aromatic carbocycles. The van der Waals surface area contributed by atoms with Crippen LogP contribution in [0.3, 0.4) is 0 Å². The Morgan fingerprint density at radius 3 is 2.19 bits per heavy atom. The number of methoxy groups -OCH3 is 1. The normalized spacial score (nSPS) is 13.7. The molecule has 0 saturated carbocycles. The standard InChI is InChI=1S/C29H27Cl2N3O2/c1-20-27(29(35)33-15-13-32(14-16-33)24-6-3-5-23(31)17-24)19-28(21-9-11-22(30)12-10-21)34(20)25-7-4-8-26(18-25)36-2/h3-12,17-19H,13-16H2,1-2H3. The fourth-order valence-corrected chi connectivity index (χ4v) is 5.06. The fourth-order valence-electron chi connectivity index (χ4n) is 4.75. The van der Waals surface area contributed by atoms with E-state index in [1.54, 1.807) is 7.11 Å². The average Bonchev–Trinajstić information content (AvgIpc) is 3.25. The third-order valence-corrected chi connectivity index (χ3v) is 7.16. The first-order valence-electron chi connectivity index (χ1n) is 11.9. The summed E-state index contributed by atoms with van der Waals surface area (Å²) in [5, 5.41) is 1.39. The van der Waals surface area contributed by atoms with Gasteiger partial charge in [0.25, 0.3) is 5.91 Å². The van der Waals surface area contributed by atoms with Crippen molar-refractivity contribution in [1.29, 1.82) is 0 Å². The highest BCUT2D eigenvalue weighted by Crippen LogP contribution is 2.32. The van der Waals surface area contributed by atoms with E-state index >= 15 is 0 Å². The molecule has 2 heterocycles. The van der Waals surface area contributed by atoms with E-state index in [2.05, 4.69) is 15.5 Å². The number of aromatic nitrogens is 1. The van der Waals surface area contributed by atoms with Gasteiger partial charge in [0.05, 0.1) is 18.4 Å². The Kier molecular flexibility index (Phi) is 6.95. The molecular formula is C29H27Cl2N3O2. The molecule has 5 nitrogen and oxygen atoms in total. The summed E-state index contributed by atoms with van der Waals surface area (Å²) in [6.07, 6.45) is 0. The largest absolute Gasteiger partial charge is 0.497 e. The lowest BCUT2D eigenvalue weighted by Crippen LogP contribution is -2.48. The van der Waals surface area contributed by atoms with Crippen LogP contribution in [0, 0.1) is 6.92 Å². The molecular weight excluding hydrogens is 493 g/mol. The minimum atomic E-state index is 0.0371. The zero-order valence-corrected chi connectivity index (χ0v) is 21.8. The number of hydrogen-bond acceptors (Lipinski definition) is 3. The zero-order valence-electron chi connectivity index (χ0n) is 20.2. The maximum Gasteiger partial charge on any atom is 0.255 e. The number of anilines is 1. The average molecular weight is 520 g/mol. The predicted molar refractivity (Wildman–Crippen MR) is 147 cm³/mol. The van der Waals surface area contributed by atoms with Gasteiger partial charge in [0, 0.05) is 59.4 Å². The Morgan fingerprint density at radius 1 is 0.806 bits per heavy atom. The smallest absolute Gasteiger partial charge is 0.255 e. The Balaban J connectivity index is 1.47. The quantitative estimate of drug-likeness (QED) is 0.293. The maximum absolute atomic E-state index is 13.8. The van der Waals surface area contributed by atoms with Crippen LogP contribution in [0.1, 0.15) is 16.1 Å². The van der Waals surface area contributed by atoms with Gasteiger partial charge in [-0.3, -0.25) is 4.79 Å². The number of carbonyl (C=O) groups excluding carboxylic acids is 1. The van der Waals surface area contributed by atoms with E-state index < -0.39 is 0 Å². The van der Waals surface area contributed by atoms with E-state index in [4.69, 9.17) is 27.9 Å². The highest BCUT2D eigenvalue weighted by molar-refractivity contribution is 6.31. The SMILES string of the molecule is COc1cccc(-n2c(-c3ccc(Cl)cc3)cc(C(=O)N3CCN(c4cccc(Cl)c4)CC3)c2C)c1. The van der Waals surface area contributed by atoms with Crippen molar-refractivity contribution >= 4 is 34.8 Å². The van der Waals surface area contributed by atoms with E-state index in [1.165, 1.54) is 0 Å². The number of halogens is 2. The van der Waals surface area contributed by atoms with Crippen molar-refractivity contribution < 1.29 is 9.53 Å². The Morgan fingerprint density at radius 2 is 1.50 bits per heavy atom. The molecule has 1 amide bonds. The zero-order chi connectivity index (χ0) is 25.2. The molecule has 0 atom stereocenters. The Hall–Kier alpha value is -3.41. The Labute approximate surface area is 221 Å². The van der Waals surface area contributed by atoms with Gasteiger partial charge >= 0.3 is 0 Å². The number of hydrogen-bond donors (Lipinski definition) is 0. The van der Waals surface area contributed by atoms with Crippen LogP contribution in [0.25, 0.3) is 16.9 Å². The van der Waals surface area contributed by atoms with Crippen molar-refractivity contribution in [1.82, 2.24) is 9.47 Å². The van der Waals surface area contributed by atoms with Crippen molar-refractivity contribution in [2.75, 3.05) is 38.2 Å². The molecule has 1 aromatic heterocycles. The van der Waals surface area contributed by atoms with Gasteiger partial charge in [-0.05, 0) is 61.0 Å². The summed E-state index contributed by atoms with van der Waals surface area (Å²) in [6, 6.07) is 25.4. The number of nitrogens with zero attached hydrogens (tertiary/aromatic N) is 3. The van der Waals surface area contributed by atoms with Crippen molar-refractivity contribution in [3.05, 3.63) is 100 Å². The van der Waals surface area contributed by atoms with E-state index in [9.17, 15) is 4.79 Å². The van der Waals surface area contributed by atoms with Crippen LogP contribution >= 0.6 is 23.2 Å². The number of carbonyl (C=O) groups is 1. The van der Waals surface area contributed by atoms with Gasteiger partial charge in [-0.25, -0.2) is 0 Å². The second-order valence-corrected chi connectivity index (χ2v) is 9.70. The first-order valence-corrected chi connectivity index (χ1v) is 12.6. The first kappa shape index (κ1) is 24.3. The first-order chi connectivity index (χ1) is 17.4. The van der Waals surface area contributed by atoms with Gasteiger partial charge in [0.2, 0.25) is 0 Å². The fraction of sp³-hybridized carbons (Fsp3) is 0.207. The summed E-state index contributed by atoms with van der Waals surface area (Å²) < 4.78 is 7.57. The van der Waals surface area contributed by atoms with E-state index in [-0.39, 0.29) is 5.91 Å². The number of amides is 1. The van der Waals surface area contributed by atoms with Gasteiger partial charge < -0.3 is 19.1 Å². The number of ether oxygens (including phenoxy) is 1. The van der Waals surface area contributed by atoms with Gasteiger partial charge in [0.15, 0.2) is 0 Å². The summed E-state index contributed by atoms with van der Waals surface area (Å²) in [6.45, 7) is 4.79. The van der Waals surface area contributed by atoms with Crippen LogP contribution in [0.15, 0.2) is 78.9 Å². The van der Waals surface area contributed by atoms with Crippen LogP contribution in [-0.4, -0.2) is 48.7 Å². The molecule has 1 aliphatic heterocycles.